The molecular formula is C9H2F18N2O2. The molecule has 22 heteroatoms. The van der Waals surface area contributed by atoms with E-state index < -0.39 is 64.1 Å². The predicted molar refractivity (Wildman–Crippen MR) is 54.5 cm³/mol. The number of carboxylic acids is 1. The fourth-order valence-corrected chi connectivity index (χ4v) is 2.14. The summed E-state index contributed by atoms with van der Waals surface area (Å²) in [6.07, 6.45) is -15.3. The summed E-state index contributed by atoms with van der Waals surface area (Å²) in [5.41, 5.74) is -7.71. The van der Waals surface area contributed by atoms with E-state index in [2.05, 4.69) is 0 Å². The molecule has 0 aromatic heterocycles. The van der Waals surface area contributed by atoms with Gasteiger partial charge in [-0.2, -0.15) is 70.2 Å². The maximum absolute atomic E-state index is 13.7. The van der Waals surface area contributed by atoms with Crippen LogP contribution in [0.5, 0.6) is 0 Å². The van der Waals surface area contributed by atoms with Gasteiger partial charge in [0.1, 0.15) is 0 Å². The van der Waals surface area contributed by atoms with E-state index in [4.69, 9.17) is 5.11 Å². The summed E-state index contributed by atoms with van der Waals surface area (Å²) in [5.74, 6) is -4.66. The summed E-state index contributed by atoms with van der Waals surface area (Å²) in [7, 11) is 0. The standard InChI is InChI=1S/C9HF17N2O2.FH/c10-2(1(29)30,3(11,12)13)4(14,15)27-5(16,17)7(20,21)28(9(24,25)26)8(22,23)6(27,18)19;/h(H,29,30);1H. The summed E-state index contributed by atoms with van der Waals surface area (Å²) in [4.78, 5) is 1.48. The van der Waals surface area contributed by atoms with Gasteiger partial charge in [0.05, 0.1) is 0 Å². The zero-order chi connectivity index (χ0) is 24.7. The van der Waals surface area contributed by atoms with Gasteiger partial charge in [-0.3, -0.25) is 4.70 Å². The minimum Gasteiger partial charge on any atom is -0.478 e. The normalized spacial score (nSPS) is 26.0. The van der Waals surface area contributed by atoms with Crippen molar-refractivity contribution in [3.63, 3.8) is 0 Å². The van der Waals surface area contributed by atoms with Gasteiger partial charge in [-0.05, 0) is 0 Å². The molecule has 1 heterocycles. The van der Waals surface area contributed by atoms with Crippen LogP contribution >= 0.6 is 0 Å². The smallest absolute Gasteiger partial charge is 0.469 e. The molecule has 1 atom stereocenters. The molecule has 4 nitrogen and oxygen atoms in total. The highest BCUT2D eigenvalue weighted by atomic mass is 19.4. The molecule has 186 valence electrons. The van der Waals surface area contributed by atoms with E-state index in [1.54, 1.807) is 0 Å². The molecule has 0 spiro atoms. The van der Waals surface area contributed by atoms with Crippen molar-refractivity contribution < 1.29 is 89.2 Å². The molecule has 0 amide bonds. The molecule has 0 aliphatic carbocycles. The topological polar surface area (TPSA) is 43.8 Å². The van der Waals surface area contributed by atoms with Crippen molar-refractivity contribution in [2.75, 3.05) is 0 Å². The van der Waals surface area contributed by atoms with E-state index in [0.29, 0.717) is 0 Å². The van der Waals surface area contributed by atoms with Gasteiger partial charge in [0.25, 0.3) is 0 Å². The molecule has 1 aliphatic heterocycles. The number of piperazine rings is 1. The third kappa shape index (κ3) is 3.31. The Morgan fingerprint density at radius 2 is 0.871 bits per heavy atom. The van der Waals surface area contributed by atoms with Crippen molar-refractivity contribution in [1.82, 2.24) is 9.80 Å². The number of carbonyl (C=O) groups is 1. The Morgan fingerprint density at radius 3 is 1.06 bits per heavy atom. The van der Waals surface area contributed by atoms with Crippen molar-refractivity contribution >= 4 is 5.97 Å². The molecule has 0 aromatic carbocycles. The highest BCUT2D eigenvalue weighted by Gasteiger charge is 2.96. The van der Waals surface area contributed by atoms with E-state index in [1.807, 2.05) is 0 Å². The Morgan fingerprint density at radius 1 is 0.613 bits per heavy atom. The van der Waals surface area contributed by atoms with E-state index in [-0.39, 0.29) is 4.70 Å². The van der Waals surface area contributed by atoms with Crippen molar-refractivity contribution in [2.45, 2.75) is 48.4 Å². The van der Waals surface area contributed by atoms with Gasteiger partial charge in [-0.15, -0.1) is 4.90 Å². The van der Waals surface area contributed by atoms with E-state index in [9.17, 15) is 79.4 Å². The summed E-state index contributed by atoms with van der Waals surface area (Å²) in [6.45, 7) is 0. The third-order valence-corrected chi connectivity index (χ3v) is 3.48. The molecule has 1 saturated heterocycles. The van der Waals surface area contributed by atoms with Crippen LogP contribution in [0.15, 0.2) is 0 Å². The first-order chi connectivity index (χ1) is 12.7. The zero-order valence-corrected chi connectivity index (χ0v) is 13.1. The van der Waals surface area contributed by atoms with Gasteiger partial charge in [-0.1, -0.05) is 4.90 Å². The monoisotopic (exact) mass is 512 g/mol. The Kier molecular flexibility index (Phi) is 6.40. The number of aliphatic carboxylic acids is 1. The van der Waals surface area contributed by atoms with Crippen LogP contribution in [0, 0.1) is 0 Å². The van der Waals surface area contributed by atoms with Crippen LogP contribution in [0.3, 0.4) is 0 Å². The molecule has 0 radical (unpaired) electrons. The number of nitrogens with zero attached hydrogens (tertiary/aromatic N) is 2. The van der Waals surface area contributed by atoms with Gasteiger partial charge >= 0.3 is 54.3 Å². The van der Waals surface area contributed by atoms with Crippen LogP contribution in [0.4, 0.5) is 79.3 Å². The minimum atomic E-state index is -8.24. The first-order valence-electron chi connectivity index (χ1n) is 6.23. The summed E-state index contributed by atoms with van der Waals surface area (Å²) >= 11 is 0. The highest BCUT2D eigenvalue weighted by molar-refractivity contribution is 5.80. The number of hydrogen-bond acceptors (Lipinski definition) is 3. The lowest BCUT2D eigenvalue weighted by molar-refractivity contribution is -0.578. The maximum atomic E-state index is 13.7. The molecule has 0 bridgehead atoms. The molecule has 0 saturated carbocycles. The van der Waals surface area contributed by atoms with Gasteiger partial charge < -0.3 is 5.11 Å². The van der Waals surface area contributed by atoms with Crippen LogP contribution in [-0.2, 0) is 4.79 Å². The largest absolute Gasteiger partial charge is 0.478 e. The molecule has 31 heavy (non-hydrogen) atoms. The van der Waals surface area contributed by atoms with E-state index in [1.165, 1.54) is 0 Å². The van der Waals surface area contributed by atoms with Gasteiger partial charge in [0, 0.05) is 0 Å². The van der Waals surface area contributed by atoms with Crippen molar-refractivity contribution in [3.8, 4) is 0 Å². The predicted octanol–water partition coefficient (Wildman–Crippen LogP) is 4.60. The average Bonchev–Trinajstić information content (AvgIpc) is 2.39. The fraction of sp³-hybridized carbons (Fsp3) is 0.889. The van der Waals surface area contributed by atoms with E-state index >= 15 is 0 Å². The number of rotatable bonds is 3. The van der Waals surface area contributed by atoms with Gasteiger partial charge in [0.2, 0.25) is 0 Å². The van der Waals surface area contributed by atoms with Crippen molar-refractivity contribution in [2.24, 2.45) is 0 Å². The van der Waals surface area contributed by atoms with Gasteiger partial charge in [0.15, 0.2) is 0 Å². The molecular weight excluding hydrogens is 510 g/mol. The summed E-state index contributed by atoms with van der Waals surface area (Å²) in [5, 5.41) is 7.96. The lowest BCUT2D eigenvalue weighted by atomic mass is 9.98. The summed E-state index contributed by atoms with van der Waals surface area (Å²) in [6, 6.07) is -40.2. The second kappa shape index (κ2) is 6.81. The zero-order valence-electron chi connectivity index (χ0n) is 13.1. The molecule has 0 aromatic rings. The Bertz CT molecular complexity index is 684. The number of carboxylic acid groups (broad SMARTS) is 1. The first kappa shape index (κ1) is 29.1. The molecule has 1 rings (SSSR count). The van der Waals surface area contributed by atoms with Crippen LogP contribution in [0.1, 0.15) is 0 Å². The third-order valence-electron chi connectivity index (χ3n) is 3.48. The quantitative estimate of drug-likeness (QED) is 0.444. The van der Waals surface area contributed by atoms with E-state index in [0.717, 1.165) is 0 Å². The lowest BCUT2D eigenvalue weighted by Crippen LogP contribution is -2.87. The minimum absolute atomic E-state index is 0. The van der Waals surface area contributed by atoms with Gasteiger partial charge in [-0.25, -0.2) is 9.18 Å². The molecule has 1 N–H and O–H groups in total. The highest BCUT2D eigenvalue weighted by Crippen LogP contribution is 2.65. The number of alkyl halides is 17. The average molecular weight is 512 g/mol. The first-order valence-corrected chi connectivity index (χ1v) is 6.23. The Balaban J connectivity index is 0.00000900. The van der Waals surface area contributed by atoms with Crippen molar-refractivity contribution in [3.05, 3.63) is 0 Å². The Labute approximate surface area is 155 Å². The SMILES string of the molecule is F.O=C(O)C(F)(C(F)(F)F)C(F)(F)N1C(F)(F)C(F)(F)N(C(F)(F)F)C(F)(F)C1(F)F. The maximum Gasteiger partial charge on any atom is 0.469 e. The number of halogens is 18. The van der Waals surface area contributed by atoms with Crippen molar-refractivity contribution in [1.29, 1.82) is 0 Å². The molecule has 1 fully saturated rings. The lowest BCUT2D eigenvalue weighted by Gasteiger charge is -2.55. The second-order valence-corrected chi connectivity index (χ2v) is 5.31. The number of hydrogen-bond donors (Lipinski definition) is 1. The van der Waals surface area contributed by atoms with Crippen LogP contribution in [0.25, 0.3) is 0 Å². The van der Waals surface area contributed by atoms with Crippen LogP contribution < -0.4 is 0 Å². The fourth-order valence-electron chi connectivity index (χ4n) is 2.14. The van der Waals surface area contributed by atoms with Crippen LogP contribution in [-0.4, -0.2) is 69.3 Å². The second-order valence-electron chi connectivity index (χ2n) is 5.31. The van der Waals surface area contributed by atoms with Crippen LogP contribution in [0.2, 0.25) is 0 Å². The molecule has 1 unspecified atom stereocenters. The summed E-state index contributed by atoms with van der Waals surface area (Å²) < 4.78 is 223. The Hall–Kier alpha value is -1.87. The molecule has 1 aliphatic rings.